The van der Waals surface area contributed by atoms with E-state index in [1.165, 1.54) is 6.33 Å². The van der Waals surface area contributed by atoms with E-state index >= 15 is 0 Å². The summed E-state index contributed by atoms with van der Waals surface area (Å²) in [6.07, 6.45) is 6.27. The van der Waals surface area contributed by atoms with Gasteiger partial charge in [0.25, 0.3) is 0 Å². The van der Waals surface area contributed by atoms with E-state index < -0.39 is 10.0 Å². The van der Waals surface area contributed by atoms with Gasteiger partial charge in [-0.3, -0.25) is 4.72 Å². The number of hydrogen-bond acceptors (Lipinski definition) is 6. The van der Waals surface area contributed by atoms with Gasteiger partial charge < -0.3 is 4.74 Å². The number of sulfonamides is 1. The van der Waals surface area contributed by atoms with Crippen molar-refractivity contribution in [2.75, 3.05) is 10.5 Å². The third-order valence-corrected chi connectivity index (χ3v) is 4.86. The lowest BCUT2D eigenvalue weighted by Crippen LogP contribution is -2.16. The standard InChI is InChI=1S/C17H19N5O3S/c1-2-3-11-26(23,24)21-14-5-7-15(8-6-14)25-17-12-16(18-13-19-17)22-10-4-9-20-22/h4-10,12-13,21H,2-3,11H2,1H3. The van der Waals surface area contributed by atoms with Crippen LogP contribution in [0.1, 0.15) is 19.8 Å². The normalized spacial score (nSPS) is 11.3. The van der Waals surface area contributed by atoms with Crippen molar-refractivity contribution in [3.63, 3.8) is 0 Å². The van der Waals surface area contributed by atoms with Gasteiger partial charge in [0, 0.05) is 24.1 Å². The van der Waals surface area contributed by atoms with Gasteiger partial charge in [-0.1, -0.05) is 13.3 Å². The van der Waals surface area contributed by atoms with Gasteiger partial charge in [0.1, 0.15) is 12.1 Å². The highest BCUT2D eigenvalue weighted by Gasteiger charge is 2.10. The molecule has 2 aromatic heterocycles. The predicted molar refractivity (Wildman–Crippen MR) is 98.0 cm³/mol. The van der Waals surface area contributed by atoms with Crippen LogP contribution in [-0.2, 0) is 10.0 Å². The van der Waals surface area contributed by atoms with E-state index in [0.717, 1.165) is 6.42 Å². The zero-order valence-electron chi connectivity index (χ0n) is 14.2. The number of anilines is 1. The molecule has 3 aromatic rings. The number of rotatable bonds is 8. The fraction of sp³-hybridized carbons (Fsp3) is 0.235. The third-order valence-electron chi connectivity index (χ3n) is 3.48. The van der Waals surface area contributed by atoms with E-state index in [1.54, 1.807) is 53.5 Å². The zero-order valence-corrected chi connectivity index (χ0v) is 15.1. The van der Waals surface area contributed by atoms with Gasteiger partial charge in [-0.05, 0) is 36.8 Å². The predicted octanol–water partition coefficient (Wildman–Crippen LogP) is 3.00. The molecular formula is C17H19N5O3S. The summed E-state index contributed by atoms with van der Waals surface area (Å²) in [6.45, 7) is 1.95. The van der Waals surface area contributed by atoms with Crippen LogP contribution in [0.2, 0.25) is 0 Å². The molecule has 2 heterocycles. The van der Waals surface area contributed by atoms with Crippen molar-refractivity contribution >= 4 is 15.7 Å². The lowest BCUT2D eigenvalue weighted by molar-refractivity contribution is 0.460. The Hall–Kier alpha value is -2.94. The van der Waals surface area contributed by atoms with Gasteiger partial charge >= 0.3 is 0 Å². The number of hydrogen-bond donors (Lipinski definition) is 1. The molecule has 1 aromatic carbocycles. The Morgan fingerprint density at radius 1 is 1.19 bits per heavy atom. The first-order valence-corrected chi connectivity index (χ1v) is 9.81. The molecule has 26 heavy (non-hydrogen) atoms. The second-order valence-corrected chi connectivity index (χ2v) is 7.41. The SMILES string of the molecule is CCCCS(=O)(=O)Nc1ccc(Oc2cc(-n3cccn3)ncn2)cc1. The highest BCUT2D eigenvalue weighted by Crippen LogP contribution is 2.22. The van der Waals surface area contributed by atoms with E-state index in [2.05, 4.69) is 19.8 Å². The molecule has 0 amide bonds. The number of nitrogens with zero attached hydrogens (tertiary/aromatic N) is 4. The topological polar surface area (TPSA) is 99.0 Å². The van der Waals surface area contributed by atoms with Crippen LogP contribution in [0.4, 0.5) is 5.69 Å². The second-order valence-electron chi connectivity index (χ2n) is 5.57. The molecule has 9 heteroatoms. The van der Waals surface area contributed by atoms with Gasteiger partial charge in [-0.2, -0.15) is 5.10 Å². The molecule has 0 atom stereocenters. The van der Waals surface area contributed by atoms with Gasteiger partial charge in [0.05, 0.1) is 5.75 Å². The highest BCUT2D eigenvalue weighted by atomic mass is 32.2. The smallest absolute Gasteiger partial charge is 0.232 e. The molecule has 136 valence electrons. The molecule has 0 fully saturated rings. The maximum Gasteiger partial charge on any atom is 0.232 e. The Morgan fingerprint density at radius 2 is 2.00 bits per heavy atom. The molecule has 0 aliphatic heterocycles. The first kappa shape index (κ1) is 17.9. The molecule has 0 bridgehead atoms. The van der Waals surface area contributed by atoms with Gasteiger partial charge in [0.15, 0.2) is 5.82 Å². The minimum atomic E-state index is -3.32. The molecule has 0 spiro atoms. The van der Waals surface area contributed by atoms with E-state index in [4.69, 9.17) is 4.74 Å². The zero-order chi connectivity index (χ0) is 18.4. The molecule has 0 saturated heterocycles. The Balaban J connectivity index is 1.67. The van der Waals surface area contributed by atoms with Crippen molar-refractivity contribution < 1.29 is 13.2 Å². The lowest BCUT2D eigenvalue weighted by atomic mass is 10.3. The molecule has 8 nitrogen and oxygen atoms in total. The molecule has 0 aliphatic rings. The summed E-state index contributed by atoms with van der Waals surface area (Å²) in [5.74, 6) is 1.59. The maximum atomic E-state index is 11.9. The molecule has 1 N–H and O–H groups in total. The van der Waals surface area contributed by atoms with Gasteiger partial charge in [-0.15, -0.1) is 0 Å². The number of nitrogens with one attached hydrogen (secondary N) is 1. The number of unbranched alkanes of at least 4 members (excludes halogenated alkanes) is 1. The Kier molecular flexibility index (Phi) is 5.47. The van der Waals surface area contributed by atoms with Crippen molar-refractivity contribution in [1.29, 1.82) is 0 Å². The highest BCUT2D eigenvalue weighted by molar-refractivity contribution is 7.92. The minimum absolute atomic E-state index is 0.110. The van der Waals surface area contributed by atoms with Crippen LogP contribution in [0.15, 0.2) is 55.1 Å². The first-order chi connectivity index (χ1) is 12.6. The summed E-state index contributed by atoms with van der Waals surface area (Å²) < 4.78 is 33.7. The van der Waals surface area contributed by atoms with E-state index in [0.29, 0.717) is 29.6 Å². The fourth-order valence-corrected chi connectivity index (χ4v) is 3.46. The average molecular weight is 373 g/mol. The molecule has 3 rings (SSSR count). The third kappa shape index (κ3) is 4.79. The molecule has 0 aliphatic carbocycles. The van der Waals surface area contributed by atoms with E-state index in [9.17, 15) is 8.42 Å². The first-order valence-electron chi connectivity index (χ1n) is 8.16. The monoisotopic (exact) mass is 373 g/mol. The molecular weight excluding hydrogens is 354 g/mol. The number of aromatic nitrogens is 4. The van der Waals surface area contributed by atoms with Crippen LogP contribution in [0, 0.1) is 0 Å². The Labute approximate surface area is 151 Å². The lowest BCUT2D eigenvalue weighted by Gasteiger charge is -2.09. The average Bonchev–Trinajstić information content (AvgIpc) is 3.17. The van der Waals surface area contributed by atoms with Crippen molar-refractivity contribution in [3.05, 3.63) is 55.1 Å². The molecule has 0 unspecified atom stereocenters. The van der Waals surface area contributed by atoms with Crippen LogP contribution in [0.3, 0.4) is 0 Å². The summed E-state index contributed by atoms with van der Waals surface area (Å²) in [6, 6.07) is 10.1. The van der Waals surface area contributed by atoms with Gasteiger partial charge in [-0.25, -0.2) is 23.1 Å². The summed E-state index contributed by atoms with van der Waals surface area (Å²) in [4.78, 5) is 8.21. The number of benzene rings is 1. The van der Waals surface area contributed by atoms with Crippen molar-refractivity contribution in [3.8, 4) is 17.4 Å². The summed E-state index contributed by atoms with van der Waals surface area (Å²) >= 11 is 0. The summed E-state index contributed by atoms with van der Waals surface area (Å²) in [5.41, 5.74) is 0.494. The van der Waals surface area contributed by atoms with Crippen LogP contribution in [0.25, 0.3) is 5.82 Å². The van der Waals surface area contributed by atoms with E-state index in [-0.39, 0.29) is 5.75 Å². The molecule has 0 radical (unpaired) electrons. The number of ether oxygens (including phenoxy) is 1. The van der Waals surface area contributed by atoms with Crippen LogP contribution >= 0.6 is 0 Å². The molecule has 0 saturated carbocycles. The van der Waals surface area contributed by atoms with E-state index in [1.807, 2.05) is 6.92 Å². The van der Waals surface area contributed by atoms with Crippen molar-refractivity contribution in [2.24, 2.45) is 0 Å². The van der Waals surface area contributed by atoms with Gasteiger partial charge in [0.2, 0.25) is 15.9 Å². The van der Waals surface area contributed by atoms with Crippen molar-refractivity contribution in [2.45, 2.75) is 19.8 Å². The van der Waals surface area contributed by atoms with Crippen LogP contribution < -0.4 is 9.46 Å². The summed E-state index contributed by atoms with van der Waals surface area (Å²) in [7, 11) is -3.32. The largest absolute Gasteiger partial charge is 0.439 e. The Bertz CT molecular complexity index is 941. The summed E-state index contributed by atoms with van der Waals surface area (Å²) in [5, 5.41) is 4.11. The maximum absolute atomic E-state index is 11.9. The van der Waals surface area contributed by atoms with Crippen LogP contribution in [-0.4, -0.2) is 33.9 Å². The minimum Gasteiger partial charge on any atom is -0.439 e. The van der Waals surface area contributed by atoms with Crippen molar-refractivity contribution in [1.82, 2.24) is 19.7 Å². The van der Waals surface area contributed by atoms with Crippen LogP contribution in [0.5, 0.6) is 11.6 Å². The second kappa shape index (κ2) is 7.96. The quantitative estimate of drug-likeness (QED) is 0.652. The fourth-order valence-electron chi connectivity index (χ4n) is 2.19. The Morgan fingerprint density at radius 3 is 2.69 bits per heavy atom.